The summed E-state index contributed by atoms with van der Waals surface area (Å²) < 4.78 is 1.84. The zero-order valence-electron chi connectivity index (χ0n) is 4.46. The van der Waals surface area contributed by atoms with E-state index >= 15 is 0 Å². The lowest BCUT2D eigenvalue weighted by atomic mass is 10.3. The summed E-state index contributed by atoms with van der Waals surface area (Å²) in [4.78, 5) is 0. The van der Waals surface area contributed by atoms with E-state index in [1.165, 1.54) is 0 Å². The van der Waals surface area contributed by atoms with Crippen molar-refractivity contribution < 1.29 is 4.68 Å². The molecule has 0 saturated heterocycles. The van der Waals surface area contributed by atoms with Crippen molar-refractivity contribution in [2.24, 2.45) is 5.10 Å². The zero-order valence-corrected chi connectivity index (χ0v) is 4.46. The highest BCUT2D eigenvalue weighted by atomic mass is 15.3. The maximum Gasteiger partial charge on any atom is 0.172 e. The first-order valence-electron chi connectivity index (χ1n) is 2.48. The fourth-order valence-electron chi connectivity index (χ4n) is 0.570. The first kappa shape index (κ1) is 4.50. The minimum absolute atomic E-state index is 1.10. The lowest BCUT2D eigenvalue weighted by Gasteiger charge is -1.89. The van der Waals surface area contributed by atoms with Crippen LogP contribution in [0.25, 0.3) is 0 Å². The van der Waals surface area contributed by atoms with Crippen molar-refractivity contribution in [2.45, 2.75) is 12.8 Å². The number of hydrogen-bond acceptors (Lipinski definition) is 1. The van der Waals surface area contributed by atoms with Crippen molar-refractivity contribution >= 4 is 12.4 Å². The van der Waals surface area contributed by atoms with Crippen LogP contribution in [0, 0.1) is 0 Å². The molecule has 0 fully saturated rings. The van der Waals surface area contributed by atoms with Gasteiger partial charge >= 0.3 is 0 Å². The van der Waals surface area contributed by atoms with E-state index in [1.54, 1.807) is 0 Å². The van der Waals surface area contributed by atoms with Gasteiger partial charge in [0.15, 0.2) is 13.3 Å². The molecule has 38 valence electrons. The van der Waals surface area contributed by atoms with Crippen molar-refractivity contribution in [3.8, 4) is 0 Å². The Hall–Kier alpha value is -0.660. The highest BCUT2D eigenvalue weighted by molar-refractivity contribution is 5.65. The van der Waals surface area contributed by atoms with E-state index in [0.29, 0.717) is 0 Å². The molecule has 0 N–H and O–H groups in total. The summed E-state index contributed by atoms with van der Waals surface area (Å²) in [5.74, 6) is 0. The minimum Gasteiger partial charge on any atom is -0.0984 e. The fourth-order valence-corrected chi connectivity index (χ4v) is 0.570. The van der Waals surface area contributed by atoms with Crippen LogP contribution in [0.15, 0.2) is 5.10 Å². The Balaban J connectivity index is 2.58. The molecule has 0 saturated carbocycles. The summed E-state index contributed by atoms with van der Waals surface area (Å²) in [6.07, 6.45) is 6.24. The summed E-state index contributed by atoms with van der Waals surface area (Å²) in [7, 11) is 1.94. The van der Waals surface area contributed by atoms with E-state index in [4.69, 9.17) is 0 Å². The highest BCUT2D eigenvalue weighted by Crippen LogP contribution is 1.86. The summed E-state index contributed by atoms with van der Waals surface area (Å²) >= 11 is 0. The van der Waals surface area contributed by atoms with Crippen molar-refractivity contribution in [2.75, 3.05) is 7.05 Å². The van der Waals surface area contributed by atoms with Crippen molar-refractivity contribution in [3.05, 3.63) is 0 Å². The van der Waals surface area contributed by atoms with E-state index in [9.17, 15) is 0 Å². The molecule has 1 aliphatic heterocycles. The quantitative estimate of drug-likeness (QED) is 0.391. The van der Waals surface area contributed by atoms with E-state index in [-0.39, 0.29) is 0 Å². The molecule has 2 heteroatoms. The fraction of sp³-hybridized carbons (Fsp3) is 0.600. The molecule has 7 heavy (non-hydrogen) atoms. The second kappa shape index (κ2) is 1.87. The van der Waals surface area contributed by atoms with Crippen LogP contribution in [0.4, 0.5) is 0 Å². The van der Waals surface area contributed by atoms with Crippen LogP contribution < -0.4 is 0 Å². The van der Waals surface area contributed by atoms with Crippen molar-refractivity contribution in [3.63, 3.8) is 0 Å². The summed E-state index contributed by atoms with van der Waals surface area (Å²) in [6, 6.07) is 0. The first-order chi connectivity index (χ1) is 3.39. The summed E-state index contributed by atoms with van der Waals surface area (Å²) in [6.45, 7) is 0. The third kappa shape index (κ3) is 1.11. The predicted molar refractivity (Wildman–Crippen MR) is 30.0 cm³/mol. The first-order valence-corrected chi connectivity index (χ1v) is 2.48. The SMILES string of the molecule is C[N+]1=CCCC=N1. The third-order valence-corrected chi connectivity index (χ3v) is 0.953. The maximum atomic E-state index is 3.98. The van der Waals surface area contributed by atoms with Gasteiger partial charge in [0.1, 0.15) is 0 Å². The largest absolute Gasteiger partial charge is 0.172 e. The molecule has 0 aliphatic carbocycles. The summed E-state index contributed by atoms with van der Waals surface area (Å²) in [5, 5.41) is 3.98. The van der Waals surface area contributed by atoms with Gasteiger partial charge in [-0.1, -0.05) is 4.68 Å². The minimum atomic E-state index is 1.10. The molecule has 0 atom stereocenters. The zero-order chi connectivity index (χ0) is 5.11. The Kier molecular flexibility index (Phi) is 1.20. The molecule has 1 rings (SSSR count). The molecule has 0 amide bonds. The van der Waals surface area contributed by atoms with Crippen LogP contribution >= 0.6 is 0 Å². The Morgan fingerprint density at radius 2 is 2.43 bits per heavy atom. The second-order valence-electron chi connectivity index (χ2n) is 1.63. The molecule has 0 aromatic heterocycles. The standard InChI is InChI=1S/C5H9N2/c1-7-5-3-2-4-6-7/h4-5H,2-3H2,1H3/q+1. The van der Waals surface area contributed by atoms with Crippen LogP contribution in [-0.4, -0.2) is 24.2 Å². The summed E-state index contributed by atoms with van der Waals surface area (Å²) in [5.41, 5.74) is 0. The molecule has 0 bridgehead atoms. The van der Waals surface area contributed by atoms with Gasteiger partial charge in [0.25, 0.3) is 0 Å². The molecule has 2 nitrogen and oxygen atoms in total. The lowest BCUT2D eigenvalue weighted by molar-refractivity contribution is -0.499. The highest BCUT2D eigenvalue weighted by Gasteiger charge is 1.94. The van der Waals surface area contributed by atoms with Gasteiger partial charge in [-0.25, -0.2) is 0 Å². The number of hydrogen-bond donors (Lipinski definition) is 0. The van der Waals surface area contributed by atoms with E-state index < -0.39 is 0 Å². The number of rotatable bonds is 0. The smallest absolute Gasteiger partial charge is 0.0984 e. The van der Waals surface area contributed by atoms with Crippen LogP contribution in [0.1, 0.15) is 12.8 Å². The van der Waals surface area contributed by atoms with Crippen LogP contribution in [0.2, 0.25) is 0 Å². The maximum absolute atomic E-state index is 3.98. The van der Waals surface area contributed by atoms with Gasteiger partial charge in [-0.3, -0.25) is 0 Å². The normalized spacial score (nSPS) is 19.3. The van der Waals surface area contributed by atoms with E-state index in [2.05, 4.69) is 11.3 Å². The average Bonchev–Trinajstić information content (AvgIpc) is 1.69. The number of hydrazone groups is 1. The topological polar surface area (TPSA) is 15.4 Å². The lowest BCUT2D eigenvalue weighted by Crippen LogP contribution is -2.03. The monoisotopic (exact) mass is 97.1 g/mol. The Bertz CT molecular complexity index is 113. The number of nitrogens with zero attached hydrogens (tertiary/aromatic N) is 2. The molecule has 0 aromatic rings. The Labute approximate surface area is 43.2 Å². The molecule has 0 unspecified atom stereocenters. The Morgan fingerprint density at radius 3 is 2.71 bits per heavy atom. The van der Waals surface area contributed by atoms with Gasteiger partial charge in [0.2, 0.25) is 0 Å². The molecule has 1 aliphatic rings. The molecule has 0 spiro atoms. The van der Waals surface area contributed by atoms with E-state index in [1.807, 2.05) is 17.9 Å². The van der Waals surface area contributed by atoms with E-state index in [0.717, 1.165) is 12.8 Å². The molecule has 1 heterocycles. The van der Waals surface area contributed by atoms with Crippen LogP contribution in [0.5, 0.6) is 0 Å². The van der Waals surface area contributed by atoms with Gasteiger partial charge in [-0.2, -0.15) is 0 Å². The average molecular weight is 97.1 g/mol. The van der Waals surface area contributed by atoms with Gasteiger partial charge in [0.05, 0.1) is 6.21 Å². The van der Waals surface area contributed by atoms with Crippen LogP contribution in [-0.2, 0) is 0 Å². The van der Waals surface area contributed by atoms with Gasteiger partial charge in [-0.05, 0) is 11.5 Å². The van der Waals surface area contributed by atoms with Crippen molar-refractivity contribution in [1.82, 2.24) is 0 Å². The van der Waals surface area contributed by atoms with Crippen molar-refractivity contribution in [1.29, 1.82) is 0 Å². The molecule has 0 radical (unpaired) electrons. The molecular formula is C5H9N2+. The van der Waals surface area contributed by atoms with Gasteiger partial charge in [0, 0.05) is 6.42 Å². The second-order valence-corrected chi connectivity index (χ2v) is 1.63. The Morgan fingerprint density at radius 1 is 1.57 bits per heavy atom. The van der Waals surface area contributed by atoms with Crippen LogP contribution in [0.3, 0.4) is 0 Å². The third-order valence-electron chi connectivity index (χ3n) is 0.953. The van der Waals surface area contributed by atoms with Gasteiger partial charge < -0.3 is 0 Å². The molecule has 0 aromatic carbocycles. The predicted octanol–water partition coefficient (Wildman–Crippen LogP) is 0.479. The van der Waals surface area contributed by atoms with Gasteiger partial charge in [-0.15, -0.1) is 0 Å². The molecular weight excluding hydrogens is 88.1 g/mol.